The zero-order valence-corrected chi connectivity index (χ0v) is 15.5. The highest BCUT2D eigenvalue weighted by Crippen LogP contribution is 2.15. The number of hydrogen-bond acceptors (Lipinski definition) is 4. The molecule has 4 aromatic rings. The molecule has 0 unspecified atom stereocenters. The van der Waals surface area contributed by atoms with Gasteiger partial charge in [0.1, 0.15) is 12.4 Å². The van der Waals surface area contributed by atoms with Crippen molar-refractivity contribution in [3.8, 4) is 5.75 Å². The summed E-state index contributed by atoms with van der Waals surface area (Å²) in [6, 6.07) is 17.7. The number of amides is 1. The van der Waals surface area contributed by atoms with Crippen molar-refractivity contribution in [3.05, 3.63) is 89.2 Å². The van der Waals surface area contributed by atoms with E-state index >= 15 is 0 Å². The van der Waals surface area contributed by atoms with E-state index in [4.69, 9.17) is 4.74 Å². The Balaban J connectivity index is 1.34. The molecule has 0 aliphatic carbocycles. The molecule has 6 heteroatoms. The fraction of sp³-hybridized carbons (Fsp3) is 0.143. The van der Waals surface area contributed by atoms with Gasteiger partial charge in [0.15, 0.2) is 4.96 Å². The summed E-state index contributed by atoms with van der Waals surface area (Å²) in [5.74, 6) is 0.788. The lowest BCUT2D eigenvalue weighted by Crippen LogP contribution is -2.25. The first kappa shape index (κ1) is 17.3. The number of nitrogens with zero attached hydrogens (tertiary/aromatic N) is 2. The van der Waals surface area contributed by atoms with Crippen molar-refractivity contribution in [1.82, 2.24) is 14.7 Å². The van der Waals surface area contributed by atoms with E-state index in [1.165, 1.54) is 0 Å². The molecular formula is C21H19N3O2S. The van der Waals surface area contributed by atoms with E-state index in [9.17, 15) is 4.79 Å². The molecule has 0 radical (unpaired) electrons. The fourth-order valence-corrected chi connectivity index (χ4v) is 3.55. The second-order valence-corrected chi connectivity index (χ2v) is 7.02. The van der Waals surface area contributed by atoms with Gasteiger partial charge in [-0.05, 0) is 23.3 Å². The monoisotopic (exact) mass is 377 g/mol. The van der Waals surface area contributed by atoms with Crippen molar-refractivity contribution >= 4 is 22.2 Å². The molecule has 1 N–H and O–H groups in total. The number of thiazole rings is 1. The molecule has 136 valence electrons. The van der Waals surface area contributed by atoms with E-state index in [-0.39, 0.29) is 12.3 Å². The molecule has 2 aromatic heterocycles. The van der Waals surface area contributed by atoms with Crippen molar-refractivity contribution in [3.63, 3.8) is 0 Å². The van der Waals surface area contributed by atoms with E-state index in [1.54, 1.807) is 11.3 Å². The van der Waals surface area contributed by atoms with Crippen LogP contribution in [0.2, 0.25) is 0 Å². The third-order valence-electron chi connectivity index (χ3n) is 4.22. The maximum atomic E-state index is 12.3. The quantitative estimate of drug-likeness (QED) is 0.532. The fourth-order valence-electron chi connectivity index (χ4n) is 2.83. The molecule has 0 aliphatic rings. The normalized spacial score (nSPS) is 10.8. The Morgan fingerprint density at radius 3 is 2.67 bits per heavy atom. The van der Waals surface area contributed by atoms with Crippen molar-refractivity contribution in [2.75, 3.05) is 0 Å². The van der Waals surface area contributed by atoms with E-state index < -0.39 is 0 Å². The molecule has 27 heavy (non-hydrogen) atoms. The van der Waals surface area contributed by atoms with Crippen LogP contribution in [0.25, 0.3) is 4.96 Å². The number of aromatic nitrogens is 2. The number of nitrogens with one attached hydrogen (secondary N) is 1. The first-order chi connectivity index (χ1) is 13.3. The Kier molecular flexibility index (Phi) is 5.16. The Bertz CT molecular complexity index is 1010. The molecule has 4 rings (SSSR count). The summed E-state index contributed by atoms with van der Waals surface area (Å²) in [6.07, 6.45) is 4.11. The van der Waals surface area contributed by atoms with Crippen LogP contribution in [0, 0.1) is 0 Å². The van der Waals surface area contributed by atoms with E-state index in [2.05, 4.69) is 10.3 Å². The Labute approximate surface area is 161 Å². The number of carbonyl (C=O) groups is 1. The van der Waals surface area contributed by atoms with Gasteiger partial charge < -0.3 is 10.1 Å². The number of imidazole rings is 1. The van der Waals surface area contributed by atoms with Crippen LogP contribution in [0.4, 0.5) is 0 Å². The van der Waals surface area contributed by atoms with Crippen LogP contribution >= 0.6 is 11.3 Å². The zero-order valence-electron chi connectivity index (χ0n) is 14.7. The smallest absolute Gasteiger partial charge is 0.226 e. The summed E-state index contributed by atoms with van der Waals surface area (Å²) in [7, 11) is 0. The molecule has 0 fully saturated rings. The summed E-state index contributed by atoms with van der Waals surface area (Å²) in [5.41, 5.74) is 2.89. The molecule has 2 heterocycles. The van der Waals surface area contributed by atoms with E-state index in [0.717, 1.165) is 27.5 Å². The lowest BCUT2D eigenvalue weighted by Gasteiger charge is -2.12. The molecule has 2 aromatic carbocycles. The van der Waals surface area contributed by atoms with Gasteiger partial charge in [-0.15, -0.1) is 11.3 Å². The summed E-state index contributed by atoms with van der Waals surface area (Å²) in [5, 5.41) is 4.96. The molecule has 0 atom stereocenters. The highest BCUT2D eigenvalue weighted by atomic mass is 32.1. The first-order valence-corrected chi connectivity index (χ1v) is 9.58. The van der Waals surface area contributed by atoms with Gasteiger partial charge in [0.2, 0.25) is 5.91 Å². The Morgan fingerprint density at radius 1 is 1.07 bits per heavy atom. The lowest BCUT2D eigenvalue weighted by atomic mass is 10.1. The lowest BCUT2D eigenvalue weighted by molar-refractivity contribution is -0.120. The van der Waals surface area contributed by atoms with Gasteiger partial charge in [0, 0.05) is 24.3 Å². The zero-order chi connectivity index (χ0) is 18.5. The molecule has 0 aliphatic heterocycles. The van der Waals surface area contributed by atoms with Gasteiger partial charge >= 0.3 is 0 Å². The van der Waals surface area contributed by atoms with Crippen LogP contribution in [0.1, 0.15) is 16.8 Å². The highest BCUT2D eigenvalue weighted by Gasteiger charge is 2.09. The van der Waals surface area contributed by atoms with Gasteiger partial charge in [0.05, 0.1) is 12.1 Å². The minimum Gasteiger partial charge on any atom is -0.489 e. The van der Waals surface area contributed by atoms with Gasteiger partial charge in [0.25, 0.3) is 0 Å². The van der Waals surface area contributed by atoms with Gasteiger partial charge in [-0.1, -0.05) is 42.5 Å². The SMILES string of the molecule is O=C(Cc1cn2ccsc2n1)NCc1ccccc1COc1ccccc1. The second-order valence-electron chi connectivity index (χ2n) is 6.15. The number of ether oxygens (including phenoxy) is 1. The standard InChI is InChI=1S/C21H19N3O2S/c25-20(12-18-14-24-10-11-27-21(24)23-18)22-13-16-6-4-5-7-17(16)15-26-19-8-2-1-3-9-19/h1-11,14H,12-13,15H2,(H,22,25). The number of rotatable bonds is 7. The van der Waals surface area contributed by atoms with E-state index in [0.29, 0.717) is 13.2 Å². The maximum Gasteiger partial charge on any atom is 0.226 e. The molecule has 5 nitrogen and oxygen atoms in total. The molecule has 0 bridgehead atoms. The predicted octanol–water partition coefficient (Wildman–Crippen LogP) is 3.83. The minimum atomic E-state index is -0.0421. The van der Waals surface area contributed by atoms with Crippen LogP contribution in [0.3, 0.4) is 0 Å². The first-order valence-electron chi connectivity index (χ1n) is 8.70. The van der Waals surface area contributed by atoms with Crippen LogP contribution in [-0.2, 0) is 24.4 Å². The molecule has 0 saturated carbocycles. The minimum absolute atomic E-state index is 0.0421. The topological polar surface area (TPSA) is 55.6 Å². The van der Waals surface area contributed by atoms with Crippen molar-refractivity contribution in [1.29, 1.82) is 0 Å². The Hall–Kier alpha value is -3.12. The Morgan fingerprint density at radius 2 is 1.85 bits per heavy atom. The van der Waals surface area contributed by atoms with Gasteiger partial charge in [-0.3, -0.25) is 9.20 Å². The average molecular weight is 377 g/mol. The van der Waals surface area contributed by atoms with Crippen LogP contribution < -0.4 is 10.1 Å². The molecule has 0 spiro atoms. The summed E-state index contributed by atoms with van der Waals surface area (Å²) in [6.45, 7) is 0.933. The van der Waals surface area contributed by atoms with Crippen LogP contribution in [-0.4, -0.2) is 15.3 Å². The average Bonchev–Trinajstić information content (AvgIpc) is 3.28. The number of para-hydroxylation sites is 1. The maximum absolute atomic E-state index is 12.3. The second kappa shape index (κ2) is 8.05. The molecular weight excluding hydrogens is 358 g/mol. The van der Waals surface area contributed by atoms with Crippen molar-refractivity contribution in [2.45, 2.75) is 19.6 Å². The highest BCUT2D eigenvalue weighted by molar-refractivity contribution is 7.15. The van der Waals surface area contributed by atoms with Crippen LogP contribution in [0.5, 0.6) is 5.75 Å². The largest absolute Gasteiger partial charge is 0.489 e. The van der Waals surface area contributed by atoms with E-state index in [1.807, 2.05) is 76.8 Å². The summed E-state index contributed by atoms with van der Waals surface area (Å²) in [4.78, 5) is 17.6. The van der Waals surface area contributed by atoms with Crippen LogP contribution in [0.15, 0.2) is 72.4 Å². The van der Waals surface area contributed by atoms with Crippen molar-refractivity contribution in [2.24, 2.45) is 0 Å². The third kappa shape index (κ3) is 4.35. The molecule has 1 amide bonds. The number of fused-ring (bicyclic) bond motifs is 1. The number of hydrogen-bond donors (Lipinski definition) is 1. The predicted molar refractivity (Wildman–Crippen MR) is 106 cm³/mol. The van der Waals surface area contributed by atoms with Gasteiger partial charge in [-0.2, -0.15) is 0 Å². The van der Waals surface area contributed by atoms with Gasteiger partial charge in [-0.25, -0.2) is 4.98 Å². The number of carbonyl (C=O) groups excluding carboxylic acids is 1. The summed E-state index contributed by atoms with van der Waals surface area (Å²) >= 11 is 1.56. The molecule has 0 saturated heterocycles. The number of benzene rings is 2. The third-order valence-corrected chi connectivity index (χ3v) is 4.99. The summed E-state index contributed by atoms with van der Waals surface area (Å²) < 4.78 is 7.77. The van der Waals surface area contributed by atoms with Crippen molar-refractivity contribution < 1.29 is 9.53 Å².